The Kier molecular flexibility index (Phi) is 7.66. The van der Waals surface area contributed by atoms with Crippen LogP contribution >= 0.6 is 0 Å². The highest BCUT2D eigenvalue weighted by Crippen LogP contribution is 2.03. The van der Waals surface area contributed by atoms with E-state index in [1.54, 1.807) is 7.05 Å². The highest BCUT2D eigenvalue weighted by molar-refractivity contribution is 5.79. The first-order valence-electron chi connectivity index (χ1n) is 6.84. The van der Waals surface area contributed by atoms with Crippen LogP contribution in [0.1, 0.15) is 18.1 Å². The van der Waals surface area contributed by atoms with Gasteiger partial charge in [-0.1, -0.05) is 29.8 Å². The molecule has 4 nitrogen and oxygen atoms in total. The highest BCUT2D eigenvalue weighted by atomic mass is 16.5. The molecular weight excluding hydrogens is 238 g/mol. The molecule has 0 heterocycles. The zero-order chi connectivity index (χ0) is 13.9. The van der Waals surface area contributed by atoms with Crippen LogP contribution in [0, 0.1) is 6.92 Å². The normalized spacial score (nSPS) is 11.4. The van der Waals surface area contributed by atoms with Gasteiger partial charge in [-0.15, -0.1) is 0 Å². The van der Waals surface area contributed by atoms with Crippen molar-refractivity contribution in [1.29, 1.82) is 0 Å². The van der Waals surface area contributed by atoms with Gasteiger partial charge in [0.2, 0.25) is 0 Å². The van der Waals surface area contributed by atoms with E-state index in [-0.39, 0.29) is 0 Å². The second-order valence-electron chi connectivity index (χ2n) is 4.36. The molecule has 0 spiro atoms. The van der Waals surface area contributed by atoms with Crippen LogP contribution in [0.25, 0.3) is 0 Å². The minimum atomic E-state index is 0.703. The van der Waals surface area contributed by atoms with Gasteiger partial charge in [-0.05, 0) is 25.8 Å². The van der Waals surface area contributed by atoms with Crippen LogP contribution < -0.4 is 10.6 Å². The first-order chi connectivity index (χ1) is 9.26. The summed E-state index contributed by atoms with van der Waals surface area (Å²) in [5.41, 5.74) is 2.65. The van der Waals surface area contributed by atoms with Gasteiger partial charge in [-0.2, -0.15) is 0 Å². The van der Waals surface area contributed by atoms with E-state index in [4.69, 9.17) is 4.74 Å². The van der Waals surface area contributed by atoms with Gasteiger partial charge in [0.1, 0.15) is 0 Å². The highest BCUT2D eigenvalue weighted by Gasteiger charge is 1.97. The summed E-state index contributed by atoms with van der Waals surface area (Å²) >= 11 is 0. The zero-order valence-corrected chi connectivity index (χ0v) is 12.2. The van der Waals surface area contributed by atoms with Gasteiger partial charge in [0.15, 0.2) is 5.96 Å². The third-order valence-corrected chi connectivity index (χ3v) is 2.76. The van der Waals surface area contributed by atoms with E-state index in [1.165, 1.54) is 11.1 Å². The molecule has 1 aromatic rings. The largest absolute Gasteiger partial charge is 0.380 e. The van der Waals surface area contributed by atoms with E-state index >= 15 is 0 Å². The maximum absolute atomic E-state index is 5.27. The molecule has 0 aliphatic rings. The van der Waals surface area contributed by atoms with E-state index < -0.39 is 0 Å². The smallest absolute Gasteiger partial charge is 0.191 e. The average molecular weight is 263 g/mol. The molecule has 19 heavy (non-hydrogen) atoms. The third-order valence-electron chi connectivity index (χ3n) is 2.76. The number of nitrogens with one attached hydrogen (secondary N) is 2. The minimum absolute atomic E-state index is 0.703. The van der Waals surface area contributed by atoms with Crippen LogP contribution in [0.15, 0.2) is 29.3 Å². The van der Waals surface area contributed by atoms with Crippen molar-refractivity contribution >= 4 is 5.96 Å². The molecule has 0 atom stereocenters. The average Bonchev–Trinajstić information content (AvgIpc) is 2.41. The summed E-state index contributed by atoms with van der Waals surface area (Å²) in [6, 6.07) is 8.58. The van der Waals surface area contributed by atoms with Crippen LogP contribution in [0.2, 0.25) is 0 Å². The number of guanidine groups is 1. The Morgan fingerprint density at radius 3 is 2.74 bits per heavy atom. The summed E-state index contributed by atoms with van der Waals surface area (Å²) < 4.78 is 5.27. The van der Waals surface area contributed by atoms with Gasteiger partial charge in [0, 0.05) is 26.7 Å². The number of hydrogen-bond acceptors (Lipinski definition) is 2. The number of aryl methyl sites for hydroxylation is 1. The summed E-state index contributed by atoms with van der Waals surface area (Å²) in [7, 11) is 1.78. The molecule has 0 aromatic heterocycles. The predicted octanol–water partition coefficient (Wildman–Crippen LogP) is 1.74. The lowest BCUT2D eigenvalue weighted by Crippen LogP contribution is -2.39. The van der Waals surface area contributed by atoms with E-state index in [1.807, 2.05) is 6.92 Å². The van der Waals surface area contributed by atoms with E-state index in [0.29, 0.717) is 6.61 Å². The zero-order valence-electron chi connectivity index (χ0n) is 12.2. The fourth-order valence-electron chi connectivity index (χ4n) is 1.80. The van der Waals surface area contributed by atoms with E-state index in [0.717, 1.165) is 32.1 Å². The lowest BCUT2D eigenvalue weighted by molar-refractivity contribution is 0.152. The number of ether oxygens (including phenoxy) is 1. The lowest BCUT2D eigenvalue weighted by atomic mass is 10.1. The fourth-order valence-corrected chi connectivity index (χ4v) is 1.80. The van der Waals surface area contributed by atoms with Gasteiger partial charge in [-0.25, -0.2) is 0 Å². The maximum atomic E-state index is 5.27. The number of aliphatic imine (C=N–C) groups is 1. The van der Waals surface area contributed by atoms with Crippen molar-refractivity contribution in [3.05, 3.63) is 35.4 Å². The Hall–Kier alpha value is -1.55. The van der Waals surface area contributed by atoms with Crippen molar-refractivity contribution in [3.8, 4) is 0 Å². The molecule has 0 aliphatic carbocycles. The fraction of sp³-hybridized carbons (Fsp3) is 0.533. The van der Waals surface area contributed by atoms with Crippen molar-refractivity contribution in [2.45, 2.75) is 20.3 Å². The van der Waals surface area contributed by atoms with Gasteiger partial charge < -0.3 is 15.4 Å². The monoisotopic (exact) mass is 263 g/mol. The second kappa shape index (κ2) is 9.39. The van der Waals surface area contributed by atoms with E-state index in [2.05, 4.69) is 46.8 Å². The molecule has 0 amide bonds. The molecule has 106 valence electrons. The first-order valence-corrected chi connectivity index (χ1v) is 6.84. The van der Waals surface area contributed by atoms with Gasteiger partial charge in [-0.3, -0.25) is 4.99 Å². The Bertz CT molecular complexity index is 391. The van der Waals surface area contributed by atoms with Crippen molar-refractivity contribution in [1.82, 2.24) is 10.6 Å². The van der Waals surface area contributed by atoms with Crippen molar-refractivity contribution in [2.24, 2.45) is 4.99 Å². The topological polar surface area (TPSA) is 45.6 Å². The molecule has 1 aromatic carbocycles. The Morgan fingerprint density at radius 1 is 1.26 bits per heavy atom. The van der Waals surface area contributed by atoms with Crippen LogP contribution in [-0.2, 0) is 11.2 Å². The first kappa shape index (κ1) is 15.5. The van der Waals surface area contributed by atoms with Gasteiger partial charge in [0.05, 0.1) is 6.61 Å². The molecule has 0 saturated carbocycles. The molecule has 1 rings (SSSR count). The van der Waals surface area contributed by atoms with Crippen molar-refractivity contribution < 1.29 is 4.74 Å². The van der Waals surface area contributed by atoms with Crippen molar-refractivity contribution in [2.75, 3.05) is 33.4 Å². The Labute approximate surface area is 116 Å². The maximum Gasteiger partial charge on any atom is 0.191 e. The van der Waals surface area contributed by atoms with Gasteiger partial charge >= 0.3 is 0 Å². The number of hydrogen-bond donors (Lipinski definition) is 2. The van der Waals surface area contributed by atoms with Crippen LogP contribution in [0.5, 0.6) is 0 Å². The summed E-state index contributed by atoms with van der Waals surface area (Å²) in [6.07, 6.45) is 0.994. The summed E-state index contributed by atoms with van der Waals surface area (Å²) in [5, 5.41) is 6.51. The summed E-state index contributed by atoms with van der Waals surface area (Å²) in [4.78, 5) is 4.17. The molecule has 0 unspecified atom stereocenters. The quantitative estimate of drug-likeness (QED) is 0.447. The molecule has 0 aliphatic heterocycles. The molecule has 0 bridgehead atoms. The van der Waals surface area contributed by atoms with Crippen LogP contribution in [0.3, 0.4) is 0 Å². The van der Waals surface area contributed by atoms with Crippen LogP contribution in [-0.4, -0.2) is 39.3 Å². The SMILES string of the molecule is CCOCCNC(=NC)NCCc1cccc(C)c1. The van der Waals surface area contributed by atoms with E-state index in [9.17, 15) is 0 Å². The predicted molar refractivity (Wildman–Crippen MR) is 80.7 cm³/mol. The second-order valence-corrected chi connectivity index (χ2v) is 4.36. The molecule has 0 saturated heterocycles. The number of benzene rings is 1. The van der Waals surface area contributed by atoms with Gasteiger partial charge in [0.25, 0.3) is 0 Å². The molecule has 2 N–H and O–H groups in total. The summed E-state index contributed by atoms with van der Waals surface area (Å²) in [5.74, 6) is 0.826. The molecule has 4 heteroatoms. The molecule has 0 radical (unpaired) electrons. The Balaban J connectivity index is 2.22. The summed E-state index contributed by atoms with van der Waals surface area (Å²) in [6.45, 7) is 7.21. The van der Waals surface area contributed by atoms with Crippen molar-refractivity contribution in [3.63, 3.8) is 0 Å². The lowest BCUT2D eigenvalue weighted by Gasteiger charge is -2.12. The Morgan fingerprint density at radius 2 is 2.05 bits per heavy atom. The van der Waals surface area contributed by atoms with Crippen LogP contribution in [0.4, 0.5) is 0 Å². The molecule has 0 fully saturated rings. The standard InChI is InChI=1S/C15H25N3O/c1-4-19-11-10-18-15(16-3)17-9-8-14-7-5-6-13(2)12-14/h5-7,12H,4,8-11H2,1-3H3,(H2,16,17,18). The molecular formula is C15H25N3O. The number of rotatable bonds is 7. The number of nitrogens with zero attached hydrogens (tertiary/aromatic N) is 1. The third kappa shape index (κ3) is 6.82. The minimum Gasteiger partial charge on any atom is -0.380 e.